The third-order valence-electron chi connectivity index (χ3n) is 0.565. The van der Waals surface area contributed by atoms with Gasteiger partial charge in [0.15, 0.2) is 0 Å². The Balaban J connectivity index is 0. The van der Waals surface area contributed by atoms with Crippen LogP contribution in [0.3, 0.4) is 0 Å². The average Bonchev–Trinajstić information content (AvgIpc) is 1.44. The number of hydrogen-bond donors (Lipinski definition) is 3. The SMILES string of the molecule is O=S(=O)(O)P(S(=O)(=O)O)S(=O)(=O)O.[NaH]. The fourth-order valence-corrected chi connectivity index (χ4v) is 9.64. The van der Waals surface area contributed by atoms with E-state index >= 15 is 0 Å². The third kappa shape index (κ3) is 5.30. The Hall–Kier alpha value is 1.16. The molecule has 0 aromatic carbocycles. The summed E-state index contributed by atoms with van der Waals surface area (Å²) in [5.74, 6) is 0. The first kappa shape index (κ1) is 17.6. The Kier molecular flexibility index (Phi) is 6.26. The molecule has 14 heteroatoms. The van der Waals surface area contributed by atoms with Gasteiger partial charge in [-0.1, -0.05) is 0 Å². The first-order valence-electron chi connectivity index (χ1n) is 2.10. The van der Waals surface area contributed by atoms with Gasteiger partial charge in [-0.3, -0.25) is 13.7 Å². The third-order valence-corrected chi connectivity index (χ3v) is 15.3. The molecule has 0 aliphatic carbocycles. The zero-order chi connectivity index (χ0) is 11.1. The minimum absolute atomic E-state index is 0. The van der Waals surface area contributed by atoms with Crippen LogP contribution in [0.15, 0.2) is 0 Å². The van der Waals surface area contributed by atoms with Crippen molar-refractivity contribution in [2.75, 3.05) is 0 Å². The fraction of sp³-hybridized carbons (Fsp3) is 0. The summed E-state index contributed by atoms with van der Waals surface area (Å²) in [6.07, 6.45) is 0. The molecule has 0 saturated carbocycles. The van der Waals surface area contributed by atoms with Crippen LogP contribution < -0.4 is 0 Å². The van der Waals surface area contributed by atoms with Crippen LogP contribution in [0.2, 0.25) is 0 Å². The fourth-order valence-electron chi connectivity index (χ4n) is 0.357. The van der Waals surface area contributed by atoms with Gasteiger partial charge in [-0.2, -0.15) is 25.3 Å². The Morgan fingerprint density at radius 3 is 0.786 bits per heavy atom. The second kappa shape index (κ2) is 4.99. The van der Waals surface area contributed by atoms with E-state index in [1.807, 2.05) is 0 Å². The van der Waals surface area contributed by atoms with Crippen molar-refractivity contribution in [1.82, 2.24) is 0 Å². The van der Waals surface area contributed by atoms with Crippen molar-refractivity contribution < 1.29 is 38.9 Å². The second-order valence-corrected chi connectivity index (χ2v) is 14.2. The molecule has 3 N–H and O–H groups in total. The van der Waals surface area contributed by atoms with Crippen molar-refractivity contribution in [1.29, 1.82) is 0 Å². The maximum absolute atomic E-state index is 10.1. The van der Waals surface area contributed by atoms with Crippen molar-refractivity contribution in [2.24, 2.45) is 0 Å². The van der Waals surface area contributed by atoms with E-state index < -0.39 is 34.7 Å². The van der Waals surface area contributed by atoms with Crippen LogP contribution in [-0.4, -0.2) is 68.5 Å². The predicted octanol–water partition coefficient (Wildman–Crippen LogP) is -1.77. The summed E-state index contributed by atoms with van der Waals surface area (Å²) < 4.78 is 85.0. The van der Waals surface area contributed by atoms with E-state index in [0.29, 0.717) is 0 Å². The predicted molar refractivity (Wildman–Crippen MR) is 48.7 cm³/mol. The van der Waals surface area contributed by atoms with Crippen molar-refractivity contribution in [3.8, 4) is 0 Å². The Bertz CT molecular complexity index is 402. The Labute approximate surface area is 102 Å². The van der Waals surface area contributed by atoms with Crippen LogP contribution in [0.5, 0.6) is 0 Å². The molecule has 0 unspecified atom stereocenters. The summed E-state index contributed by atoms with van der Waals surface area (Å²) in [5, 5.41) is 0. The molecule has 0 saturated heterocycles. The van der Waals surface area contributed by atoms with E-state index in [9.17, 15) is 25.3 Å². The summed E-state index contributed by atoms with van der Waals surface area (Å²) >= 11 is 0. The molecule has 0 aliphatic rings. The topological polar surface area (TPSA) is 163 Å². The molecule has 0 amide bonds. The molecule has 0 aliphatic heterocycles. The maximum atomic E-state index is 10.1. The molecule has 0 aromatic rings. The first-order chi connectivity index (χ1) is 5.37. The van der Waals surface area contributed by atoms with Gasteiger partial charge in [-0.25, -0.2) is 0 Å². The summed E-state index contributed by atoms with van der Waals surface area (Å²) in [5.41, 5.74) is -4.40. The summed E-state index contributed by atoms with van der Waals surface area (Å²) in [6, 6.07) is 0. The molecular weight excluding hydrogens is 294 g/mol. The van der Waals surface area contributed by atoms with E-state index in [-0.39, 0.29) is 29.6 Å². The monoisotopic (exact) mass is 298 g/mol. The van der Waals surface area contributed by atoms with Gasteiger partial charge in [0.25, 0.3) is 0 Å². The molecule has 9 nitrogen and oxygen atoms in total. The van der Waals surface area contributed by atoms with Crippen molar-refractivity contribution in [3.63, 3.8) is 0 Å². The van der Waals surface area contributed by atoms with Gasteiger partial charge in [0, 0.05) is 0 Å². The Morgan fingerprint density at radius 1 is 0.643 bits per heavy atom. The zero-order valence-electron chi connectivity index (χ0n) is 5.46. The normalized spacial score (nSPS) is 13.7. The van der Waals surface area contributed by atoms with Gasteiger partial charge >= 0.3 is 64.3 Å². The standard InChI is InChI=1S/Na.H3O9PS3.H/c;1-11(2,3)10(12(4,5)6)13(7,8)9;/h;(H,1,2,3)(H,4,5,6)(H,7,8,9);. The second-order valence-electron chi connectivity index (χ2n) is 1.57. The first-order valence-corrected chi connectivity index (χ1v) is 9.57. The van der Waals surface area contributed by atoms with Gasteiger partial charge in [-0.15, -0.1) is 0 Å². The van der Waals surface area contributed by atoms with Gasteiger partial charge in [0.2, 0.25) is 0 Å². The van der Waals surface area contributed by atoms with Crippen LogP contribution in [-0.2, 0) is 29.2 Å². The average molecular weight is 298 g/mol. The van der Waals surface area contributed by atoms with E-state index in [4.69, 9.17) is 13.7 Å². The molecule has 14 heavy (non-hydrogen) atoms. The van der Waals surface area contributed by atoms with Crippen LogP contribution in [0, 0.1) is 0 Å². The summed E-state index contributed by atoms with van der Waals surface area (Å²) in [6.45, 7) is 0. The molecule has 0 spiro atoms. The molecule has 0 aromatic heterocycles. The van der Waals surface area contributed by atoms with Gasteiger partial charge in [-0.05, 0) is 0 Å². The minimum atomic E-state index is -5.59. The summed E-state index contributed by atoms with van der Waals surface area (Å²) in [7, 11) is -16.8. The van der Waals surface area contributed by atoms with Gasteiger partial charge < -0.3 is 0 Å². The van der Waals surface area contributed by atoms with Crippen LogP contribution in [0.4, 0.5) is 0 Å². The molecule has 0 atom stereocenters. The molecule has 0 bridgehead atoms. The quantitative estimate of drug-likeness (QED) is 0.310. The van der Waals surface area contributed by atoms with Crippen molar-refractivity contribution in [2.45, 2.75) is 0 Å². The molecule has 0 fully saturated rings. The van der Waals surface area contributed by atoms with Crippen LogP contribution >= 0.6 is 5.53 Å². The number of hydrogen-bond acceptors (Lipinski definition) is 6. The molecule has 0 rings (SSSR count). The van der Waals surface area contributed by atoms with E-state index in [1.165, 1.54) is 0 Å². The van der Waals surface area contributed by atoms with E-state index in [1.54, 1.807) is 0 Å². The van der Waals surface area contributed by atoms with Crippen LogP contribution in [0.25, 0.3) is 0 Å². The van der Waals surface area contributed by atoms with Gasteiger partial charge in [0.05, 0.1) is 0 Å². The molecule has 82 valence electrons. The van der Waals surface area contributed by atoms with Crippen molar-refractivity contribution in [3.05, 3.63) is 0 Å². The zero-order valence-corrected chi connectivity index (χ0v) is 8.81. The van der Waals surface area contributed by atoms with E-state index in [0.717, 1.165) is 0 Å². The molecule has 0 radical (unpaired) electrons. The van der Waals surface area contributed by atoms with Crippen LogP contribution in [0.1, 0.15) is 0 Å². The van der Waals surface area contributed by atoms with Crippen molar-refractivity contribution >= 4 is 64.3 Å². The molecular formula is H4NaO9PS3. The Morgan fingerprint density at radius 2 is 0.786 bits per heavy atom. The summed E-state index contributed by atoms with van der Waals surface area (Å²) in [4.78, 5) is 0. The van der Waals surface area contributed by atoms with Gasteiger partial charge in [0.1, 0.15) is 0 Å². The van der Waals surface area contributed by atoms with E-state index in [2.05, 4.69) is 0 Å². The molecule has 0 heterocycles. The number of rotatable bonds is 3.